The van der Waals surface area contributed by atoms with Gasteiger partial charge in [-0.3, -0.25) is 120 Å². The fourth-order valence-electron chi connectivity index (χ4n) is 11.6. The SMILES string of the molecule is C=CCCC(=O)N[C@@H](C)C(=O)N[C@@H](N[C@@H](C=O)C(C)C)C(=O)N(CC=C)[C@@H](NCC=O)C(=O)N[C@@H](C)C(=O)N[C@@H](C)C(=O)N[C@H](N[C@@H](C=O)CC(C)C)C(=O)N[C@H](N[C@@H](C)C=O)C(=O)N[C@H](N[C@@H](C=O)[C@H](C)CC)C(=O)N[C@@H](CN[C@H](NCC=O)C(=O)N[C@@H](C)C(=O)N[C@@H](C)C(=O)N[C@H](N[C@@H](C=O)[C@H](C)CC)C(=O)N[C@@H](C)C(=O)N[C@@H](C)C(=O)NC)N[C@@H](C=O)[C@H](C)CC. The third kappa shape index (κ3) is 43.0. The van der Waals surface area contributed by atoms with Gasteiger partial charge in [-0.15, -0.1) is 13.2 Å². The highest BCUT2D eigenvalue weighted by molar-refractivity contribution is 6.00. The standard InChI is InChI=1S/C82H140N24O23/c1-22-27-28-61(115)88-49(15)73(120)105-67(97-56(38-111)43(8)9)82(129)106(31-23-2)68(85-30-33-108)81(128)94-52(18)72(119)91-53(19)74(121)101-64(95-55(37-110)34-42(6)7)80(127)103-63(87-47(13)36-109)79(126)104-66(99-59(41-114)46(12)26-5)78(125)100-60(96-57(39-112)44(10)24-3)35-86-62(84-29-32-107)76(123)92-50(16)71(118)90-54(20)75(122)102-65(98-58(40-113)45(11)25-4)77(124)93-51(17)70(117)89-48(14)69(116)83-21/h22-23,32-33,36-60,62-68,84-87,95-99H,1-2,24-31,34-35H2,3-21H3,(H,83,116)(H,88,115)(H,89,117)(H,90,118)(H,91,119)(H,92,123)(H,93,124)(H,94,128)(H,100,125)(H,101,121)(H,102,122)(H,103,127)(H,104,126)(H,105,120)/t44-,45-,46-,47+,48+,49+,50+,51+,52+,53+,54+,55-,56+,57+,58+,59+,60+,62+,63+,64+,65+,66+,67-,68-/m1/s1. The van der Waals surface area contributed by atoms with Crippen molar-refractivity contribution in [3.63, 3.8) is 0 Å². The smallest absolute Gasteiger partial charge is 0.262 e. The molecule has 47 heteroatoms. The van der Waals surface area contributed by atoms with Gasteiger partial charge in [-0.1, -0.05) is 101 Å². The number of amides is 15. The van der Waals surface area contributed by atoms with E-state index in [1.165, 1.54) is 60.7 Å². The van der Waals surface area contributed by atoms with E-state index in [9.17, 15) is 105 Å². The molecule has 23 N–H and O–H groups in total. The molecule has 0 heterocycles. The van der Waals surface area contributed by atoms with Gasteiger partial charge in [0, 0.05) is 26.6 Å². The molecule has 0 saturated heterocycles. The van der Waals surface area contributed by atoms with E-state index < -0.39 is 260 Å². The maximum atomic E-state index is 15.0. The second kappa shape index (κ2) is 62.7. The number of hydrogen-bond acceptors (Lipinski definition) is 32. The molecule has 0 bridgehead atoms. The molecule has 24 atom stereocenters. The Morgan fingerprint density at radius 3 is 1.07 bits per heavy atom. The van der Waals surface area contributed by atoms with Gasteiger partial charge >= 0.3 is 0 Å². The summed E-state index contributed by atoms with van der Waals surface area (Å²) in [6.07, 6.45) is -7.13. The minimum absolute atomic E-state index is 0.0210. The average Bonchev–Trinajstić information content (AvgIpc) is 0.811. The fourth-order valence-corrected chi connectivity index (χ4v) is 11.6. The van der Waals surface area contributed by atoms with Gasteiger partial charge in [-0.05, 0) is 97.8 Å². The van der Waals surface area contributed by atoms with Crippen LogP contribution in [0.1, 0.15) is 163 Å². The largest absolute Gasteiger partial charge is 0.357 e. The molecule has 0 rings (SSSR count). The summed E-state index contributed by atoms with van der Waals surface area (Å²) in [4.78, 5) is 308. The number of carbonyl (C=O) groups excluding carboxylic acids is 23. The van der Waals surface area contributed by atoms with E-state index in [0.717, 1.165) is 18.7 Å². The Labute approximate surface area is 752 Å². The second-order valence-corrected chi connectivity index (χ2v) is 31.9. The number of rotatable bonds is 69. The maximum absolute atomic E-state index is 15.0. The molecular formula is C82H140N24O23. The predicted molar refractivity (Wildman–Crippen MR) is 470 cm³/mol. The van der Waals surface area contributed by atoms with Crippen molar-refractivity contribution < 1.29 is 110 Å². The van der Waals surface area contributed by atoms with Crippen LogP contribution >= 0.6 is 0 Å². The number of likely N-dealkylation sites (N-methyl/N-ethyl adjacent to an activating group) is 1. The van der Waals surface area contributed by atoms with Crippen molar-refractivity contribution in [2.24, 2.45) is 29.6 Å². The topological polar surface area (TPSA) is 673 Å². The van der Waals surface area contributed by atoms with Crippen LogP contribution < -0.4 is 122 Å². The zero-order valence-electron chi connectivity index (χ0n) is 77.1. The van der Waals surface area contributed by atoms with Crippen molar-refractivity contribution in [1.29, 1.82) is 0 Å². The van der Waals surface area contributed by atoms with E-state index in [1.54, 1.807) is 69.2 Å². The van der Waals surface area contributed by atoms with Crippen LogP contribution in [0.4, 0.5) is 0 Å². The van der Waals surface area contributed by atoms with Crippen molar-refractivity contribution in [3.05, 3.63) is 25.3 Å². The monoisotopic (exact) mass is 1830 g/mol. The molecule has 47 nitrogen and oxygen atoms in total. The maximum Gasteiger partial charge on any atom is 0.262 e. The highest BCUT2D eigenvalue weighted by atomic mass is 16.2. The summed E-state index contributed by atoms with van der Waals surface area (Å²) in [7, 11) is 1.35. The molecule has 0 radical (unpaired) electrons. The molecule has 129 heavy (non-hydrogen) atoms. The predicted octanol–water partition coefficient (Wildman–Crippen LogP) is -8.48. The summed E-state index contributed by atoms with van der Waals surface area (Å²) in [6, 6.07) is -16.8. The van der Waals surface area contributed by atoms with E-state index in [2.05, 4.69) is 135 Å². The van der Waals surface area contributed by atoms with Crippen molar-refractivity contribution in [2.45, 2.75) is 291 Å². The van der Waals surface area contributed by atoms with Crippen molar-refractivity contribution in [2.75, 3.05) is 33.2 Å². The first kappa shape index (κ1) is 118. The van der Waals surface area contributed by atoms with Gasteiger partial charge in [0.05, 0.1) is 55.5 Å². The number of aldehydes is 8. The minimum Gasteiger partial charge on any atom is -0.357 e. The summed E-state index contributed by atoms with van der Waals surface area (Å²) in [5.41, 5.74) is 0. The number of allylic oxidation sites excluding steroid dienone is 1. The Kier molecular flexibility index (Phi) is 57.1. The Hall–Kier alpha value is -11.5. The first-order chi connectivity index (χ1) is 60.7. The Balaban J connectivity index is 7.57. The van der Waals surface area contributed by atoms with Crippen LogP contribution in [0.15, 0.2) is 25.3 Å². The molecule has 0 aromatic carbocycles. The summed E-state index contributed by atoms with van der Waals surface area (Å²) in [5, 5.41) is 58.5. The Morgan fingerprint density at radius 1 is 0.333 bits per heavy atom. The van der Waals surface area contributed by atoms with Crippen LogP contribution in [0.5, 0.6) is 0 Å². The van der Waals surface area contributed by atoms with E-state index in [0.29, 0.717) is 69.6 Å². The quantitative estimate of drug-likeness (QED) is 0.0153. The summed E-state index contributed by atoms with van der Waals surface area (Å²) >= 11 is 0. The summed E-state index contributed by atoms with van der Waals surface area (Å²) < 4.78 is 0. The van der Waals surface area contributed by atoms with Crippen LogP contribution in [0, 0.1) is 29.6 Å². The zero-order valence-corrected chi connectivity index (χ0v) is 77.1. The van der Waals surface area contributed by atoms with E-state index in [4.69, 9.17) is 0 Å². The van der Waals surface area contributed by atoms with Gasteiger partial charge in [0.25, 0.3) is 41.4 Å². The zero-order chi connectivity index (χ0) is 98.7. The lowest BCUT2D eigenvalue weighted by Gasteiger charge is -2.35. The first-order valence-corrected chi connectivity index (χ1v) is 42.8. The third-order valence-electron chi connectivity index (χ3n) is 20.4. The van der Waals surface area contributed by atoms with Crippen LogP contribution in [0.3, 0.4) is 0 Å². The van der Waals surface area contributed by atoms with E-state index in [1.807, 2.05) is 0 Å². The first-order valence-electron chi connectivity index (χ1n) is 42.8. The van der Waals surface area contributed by atoms with Crippen LogP contribution in [-0.4, -0.2) is 305 Å². The number of hydrogen-bond donors (Lipinski definition) is 23. The Morgan fingerprint density at radius 2 is 0.682 bits per heavy atom. The van der Waals surface area contributed by atoms with Gasteiger partial charge < -0.3 is 118 Å². The third-order valence-corrected chi connectivity index (χ3v) is 20.4. The number of nitrogens with one attached hydrogen (secondary N) is 23. The molecule has 0 aromatic heterocycles. The number of nitrogens with zero attached hydrogens (tertiary/aromatic N) is 1. The lowest BCUT2D eigenvalue weighted by atomic mass is 10.00. The fraction of sp³-hybridized carbons (Fsp3) is 0.671. The molecule has 15 amide bonds. The lowest BCUT2D eigenvalue weighted by Crippen LogP contribution is -2.69. The van der Waals surface area contributed by atoms with Crippen LogP contribution in [0.25, 0.3) is 0 Å². The molecule has 0 aliphatic heterocycles. The summed E-state index contributed by atoms with van der Waals surface area (Å²) in [6.45, 7) is 32.0. The lowest BCUT2D eigenvalue weighted by molar-refractivity contribution is -0.146. The molecule has 0 aliphatic rings. The highest BCUT2D eigenvalue weighted by Gasteiger charge is 2.41. The van der Waals surface area contributed by atoms with Crippen molar-refractivity contribution in [1.82, 2.24) is 127 Å². The van der Waals surface area contributed by atoms with Gasteiger partial charge in [0.1, 0.15) is 98.7 Å². The molecular weight excluding hydrogens is 1690 g/mol. The molecule has 726 valence electrons. The van der Waals surface area contributed by atoms with Crippen LogP contribution in [0.2, 0.25) is 0 Å². The molecule has 0 spiro atoms. The summed E-state index contributed by atoms with van der Waals surface area (Å²) in [5.74, 6) is -17.2. The van der Waals surface area contributed by atoms with E-state index in [-0.39, 0.29) is 31.1 Å². The van der Waals surface area contributed by atoms with Gasteiger partial charge in [0.15, 0.2) is 37.0 Å². The molecule has 0 aromatic rings. The van der Waals surface area contributed by atoms with Gasteiger partial charge in [0.2, 0.25) is 47.3 Å². The molecule has 0 fully saturated rings. The normalized spacial score (nSPS) is 16.8. The Bertz CT molecular complexity index is 3770. The van der Waals surface area contributed by atoms with E-state index >= 15 is 4.79 Å². The number of carbonyl (C=O) groups is 23. The molecule has 0 saturated carbocycles. The highest BCUT2D eigenvalue weighted by Crippen LogP contribution is 2.13. The van der Waals surface area contributed by atoms with Gasteiger partial charge in [-0.2, -0.15) is 0 Å². The molecule has 0 aliphatic carbocycles. The van der Waals surface area contributed by atoms with Gasteiger partial charge in [-0.25, -0.2) is 0 Å². The van der Waals surface area contributed by atoms with Crippen LogP contribution in [-0.2, 0) is 110 Å². The average molecular weight is 1830 g/mol. The molecule has 0 unspecified atom stereocenters. The van der Waals surface area contributed by atoms with Crippen molar-refractivity contribution in [3.8, 4) is 0 Å². The second-order valence-electron chi connectivity index (χ2n) is 31.9. The van der Waals surface area contributed by atoms with Crippen molar-refractivity contribution >= 4 is 139 Å². The minimum atomic E-state index is -2.09.